The summed E-state index contributed by atoms with van der Waals surface area (Å²) in [6, 6.07) is 12.2. The van der Waals surface area contributed by atoms with Gasteiger partial charge in [0.1, 0.15) is 5.82 Å². The Morgan fingerprint density at radius 1 is 1.23 bits per heavy atom. The van der Waals surface area contributed by atoms with Crippen molar-refractivity contribution in [3.63, 3.8) is 0 Å². The Hall–Kier alpha value is -2.69. The first-order chi connectivity index (χ1) is 10.6. The molecule has 0 bridgehead atoms. The number of benzene rings is 2. The molecule has 0 radical (unpaired) electrons. The summed E-state index contributed by atoms with van der Waals surface area (Å²) in [5.41, 5.74) is 1.93. The van der Waals surface area contributed by atoms with Gasteiger partial charge in [0.2, 0.25) is 0 Å². The zero-order valence-corrected chi connectivity index (χ0v) is 11.7. The summed E-state index contributed by atoms with van der Waals surface area (Å²) in [4.78, 5) is 25.2. The normalized spacial score (nSPS) is 14.8. The largest absolute Gasteiger partial charge is 0.481 e. The zero-order chi connectivity index (χ0) is 15.7. The lowest BCUT2D eigenvalue weighted by molar-refractivity contribution is -0.138. The van der Waals surface area contributed by atoms with E-state index in [4.69, 9.17) is 5.11 Å². The molecule has 1 heterocycles. The molecule has 1 N–H and O–H groups in total. The SMILES string of the molecule is O=C(O)CC(c1cccc(F)c1)N1Cc2ccccc2C1=O. The minimum Gasteiger partial charge on any atom is -0.481 e. The minimum atomic E-state index is -1.03. The highest BCUT2D eigenvalue weighted by Gasteiger charge is 2.34. The van der Waals surface area contributed by atoms with Crippen LogP contribution in [0.15, 0.2) is 48.5 Å². The summed E-state index contributed by atoms with van der Waals surface area (Å²) in [6.45, 7) is 0.337. The maximum absolute atomic E-state index is 13.5. The molecule has 2 aromatic rings. The molecule has 1 aliphatic heterocycles. The Balaban J connectivity index is 1.98. The van der Waals surface area contributed by atoms with E-state index in [1.165, 1.54) is 23.1 Å². The fourth-order valence-electron chi connectivity index (χ4n) is 2.82. The summed E-state index contributed by atoms with van der Waals surface area (Å²) >= 11 is 0. The topological polar surface area (TPSA) is 57.6 Å². The fraction of sp³-hybridized carbons (Fsp3) is 0.176. The van der Waals surface area contributed by atoms with Crippen LogP contribution in [0, 0.1) is 5.82 Å². The molecule has 4 nitrogen and oxygen atoms in total. The lowest BCUT2D eigenvalue weighted by atomic mass is 10.0. The van der Waals surface area contributed by atoms with Gasteiger partial charge in [-0.15, -0.1) is 0 Å². The smallest absolute Gasteiger partial charge is 0.305 e. The lowest BCUT2D eigenvalue weighted by Gasteiger charge is -2.27. The highest BCUT2D eigenvalue weighted by Crippen LogP contribution is 2.33. The van der Waals surface area contributed by atoms with Crippen LogP contribution in [0.3, 0.4) is 0 Å². The number of hydrogen-bond acceptors (Lipinski definition) is 2. The molecule has 2 aromatic carbocycles. The fourth-order valence-corrected chi connectivity index (χ4v) is 2.82. The molecule has 1 amide bonds. The summed E-state index contributed by atoms with van der Waals surface area (Å²) in [5.74, 6) is -1.69. The van der Waals surface area contributed by atoms with Crippen molar-refractivity contribution in [2.75, 3.05) is 0 Å². The van der Waals surface area contributed by atoms with Crippen molar-refractivity contribution < 1.29 is 19.1 Å². The second-order valence-corrected chi connectivity index (χ2v) is 5.26. The standard InChI is InChI=1S/C17H14FNO3/c18-13-6-3-5-11(8-13)15(9-16(20)21)19-10-12-4-1-2-7-14(12)17(19)22/h1-8,15H,9-10H2,(H,20,21). The molecule has 0 saturated heterocycles. The van der Waals surface area contributed by atoms with Gasteiger partial charge in [-0.2, -0.15) is 0 Å². The van der Waals surface area contributed by atoms with E-state index >= 15 is 0 Å². The summed E-state index contributed by atoms with van der Waals surface area (Å²) < 4.78 is 13.5. The first kappa shape index (κ1) is 14.3. The van der Waals surface area contributed by atoms with Crippen LogP contribution < -0.4 is 0 Å². The molecule has 0 fully saturated rings. The van der Waals surface area contributed by atoms with Crippen LogP contribution >= 0.6 is 0 Å². The number of aliphatic carboxylic acids is 1. The molecule has 0 saturated carbocycles. The van der Waals surface area contributed by atoms with Gasteiger partial charge in [-0.25, -0.2) is 4.39 Å². The number of hydrogen-bond donors (Lipinski definition) is 1. The molecule has 3 rings (SSSR count). The van der Waals surface area contributed by atoms with Crippen LogP contribution in [0.4, 0.5) is 4.39 Å². The molecule has 22 heavy (non-hydrogen) atoms. The van der Waals surface area contributed by atoms with Crippen molar-refractivity contribution in [3.05, 3.63) is 71.0 Å². The van der Waals surface area contributed by atoms with Gasteiger partial charge in [-0.05, 0) is 29.3 Å². The van der Waals surface area contributed by atoms with Crippen molar-refractivity contribution in [2.24, 2.45) is 0 Å². The molecule has 5 heteroatoms. The van der Waals surface area contributed by atoms with E-state index in [9.17, 15) is 14.0 Å². The van der Waals surface area contributed by atoms with Crippen molar-refractivity contribution >= 4 is 11.9 Å². The van der Waals surface area contributed by atoms with E-state index in [1.807, 2.05) is 12.1 Å². The maximum Gasteiger partial charge on any atom is 0.305 e. The molecule has 0 aromatic heterocycles. The lowest BCUT2D eigenvalue weighted by Crippen LogP contribution is -2.31. The van der Waals surface area contributed by atoms with E-state index < -0.39 is 17.8 Å². The van der Waals surface area contributed by atoms with Crippen LogP contribution in [-0.4, -0.2) is 21.9 Å². The number of carboxylic acids is 1. The highest BCUT2D eigenvalue weighted by atomic mass is 19.1. The van der Waals surface area contributed by atoms with Crippen molar-refractivity contribution in [1.29, 1.82) is 0 Å². The van der Waals surface area contributed by atoms with Crippen LogP contribution in [-0.2, 0) is 11.3 Å². The quantitative estimate of drug-likeness (QED) is 0.944. The number of carboxylic acid groups (broad SMARTS) is 1. The maximum atomic E-state index is 13.5. The van der Waals surface area contributed by atoms with Crippen LogP contribution in [0.2, 0.25) is 0 Å². The first-order valence-corrected chi connectivity index (χ1v) is 6.92. The third kappa shape index (κ3) is 2.57. The van der Waals surface area contributed by atoms with Gasteiger partial charge in [0.25, 0.3) is 5.91 Å². The second-order valence-electron chi connectivity index (χ2n) is 5.26. The van der Waals surface area contributed by atoms with E-state index in [-0.39, 0.29) is 12.3 Å². The minimum absolute atomic E-state index is 0.217. The third-order valence-electron chi connectivity index (χ3n) is 3.83. The number of amides is 1. The van der Waals surface area contributed by atoms with Crippen LogP contribution in [0.1, 0.15) is 33.9 Å². The number of fused-ring (bicyclic) bond motifs is 1. The Labute approximate surface area is 126 Å². The van der Waals surface area contributed by atoms with E-state index in [0.717, 1.165) is 5.56 Å². The Morgan fingerprint density at radius 3 is 2.68 bits per heavy atom. The predicted octanol–water partition coefficient (Wildman–Crippen LogP) is 3.00. The van der Waals surface area contributed by atoms with Crippen molar-refractivity contribution in [1.82, 2.24) is 4.90 Å². The summed E-state index contributed by atoms with van der Waals surface area (Å²) in [5, 5.41) is 9.15. The third-order valence-corrected chi connectivity index (χ3v) is 3.83. The average molecular weight is 299 g/mol. The van der Waals surface area contributed by atoms with Crippen LogP contribution in [0.25, 0.3) is 0 Å². The highest BCUT2D eigenvalue weighted by molar-refractivity contribution is 5.98. The van der Waals surface area contributed by atoms with E-state index in [0.29, 0.717) is 17.7 Å². The van der Waals surface area contributed by atoms with Gasteiger partial charge in [0.05, 0.1) is 12.5 Å². The van der Waals surface area contributed by atoms with Crippen LogP contribution in [0.5, 0.6) is 0 Å². The number of carbonyl (C=O) groups excluding carboxylic acids is 1. The monoisotopic (exact) mass is 299 g/mol. The second kappa shape index (κ2) is 5.60. The average Bonchev–Trinajstić information content (AvgIpc) is 2.82. The molecule has 112 valence electrons. The number of halogens is 1. The van der Waals surface area contributed by atoms with Gasteiger partial charge in [0.15, 0.2) is 0 Å². The van der Waals surface area contributed by atoms with E-state index in [1.54, 1.807) is 18.2 Å². The zero-order valence-electron chi connectivity index (χ0n) is 11.7. The number of rotatable bonds is 4. The molecule has 1 unspecified atom stereocenters. The van der Waals surface area contributed by atoms with E-state index in [2.05, 4.69) is 0 Å². The van der Waals surface area contributed by atoms with Gasteiger partial charge in [0, 0.05) is 12.1 Å². The summed E-state index contributed by atoms with van der Waals surface area (Å²) in [6.07, 6.45) is -0.261. The molecule has 0 aliphatic carbocycles. The van der Waals surface area contributed by atoms with Gasteiger partial charge >= 0.3 is 5.97 Å². The van der Waals surface area contributed by atoms with Gasteiger partial charge < -0.3 is 10.0 Å². The molecular formula is C17H14FNO3. The predicted molar refractivity (Wildman–Crippen MR) is 77.7 cm³/mol. The first-order valence-electron chi connectivity index (χ1n) is 6.92. The molecule has 1 atom stereocenters. The van der Waals surface area contributed by atoms with Crippen molar-refractivity contribution in [2.45, 2.75) is 19.0 Å². The molecular weight excluding hydrogens is 285 g/mol. The molecule has 0 spiro atoms. The van der Waals surface area contributed by atoms with Gasteiger partial charge in [-0.1, -0.05) is 30.3 Å². The Bertz CT molecular complexity index is 744. The Kier molecular flexibility index (Phi) is 3.63. The van der Waals surface area contributed by atoms with Gasteiger partial charge in [-0.3, -0.25) is 9.59 Å². The summed E-state index contributed by atoms with van der Waals surface area (Å²) in [7, 11) is 0. The number of carbonyl (C=O) groups is 2. The molecule has 1 aliphatic rings. The van der Waals surface area contributed by atoms with Crippen molar-refractivity contribution in [3.8, 4) is 0 Å². The number of nitrogens with zero attached hydrogens (tertiary/aromatic N) is 1. The Morgan fingerprint density at radius 2 is 2.00 bits per heavy atom.